The Hall–Kier alpha value is -1.67. The van der Waals surface area contributed by atoms with Crippen molar-refractivity contribution in [2.75, 3.05) is 18.8 Å². The van der Waals surface area contributed by atoms with Crippen molar-refractivity contribution in [1.29, 1.82) is 0 Å². The molecule has 1 aliphatic rings. The molecule has 0 bridgehead atoms. The van der Waals surface area contributed by atoms with Crippen molar-refractivity contribution in [2.24, 2.45) is 5.41 Å². The lowest BCUT2D eigenvalue weighted by atomic mass is 9.85. The number of nitro groups is 1. The van der Waals surface area contributed by atoms with Crippen molar-refractivity contribution in [3.63, 3.8) is 0 Å². The second kappa shape index (κ2) is 5.27. The van der Waals surface area contributed by atoms with E-state index in [1.807, 2.05) is 13.8 Å². The van der Waals surface area contributed by atoms with Gasteiger partial charge in [-0.05, 0) is 24.3 Å². The van der Waals surface area contributed by atoms with Gasteiger partial charge in [0.15, 0.2) is 0 Å². The molecule has 0 aliphatic carbocycles. The predicted octanol–water partition coefficient (Wildman–Crippen LogP) is 1.99. The van der Waals surface area contributed by atoms with Crippen molar-refractivity contribution < 1.29 is 13.3 Å². The molecule has 1 fully saturated rings. The van der Waals surface area contributed by atoms with Crippen LogP contribution in [0.15, 0.2) is 23.1 Å². The largest absolute Gasteiger partial charge is 0.397 e. The highest BCUT2D eigenvalue weighted by atomic mass is 32.2. The molecule has 1 aromatic carbocycles. The number of benzene rings is 1. The normalized spacial score (nSPS) is 19.3. The van der Waals surface area contributed by atoms with Crippen LogP contribution in [0, 0.1) is 15.5 Å². The minimum Gasteiger partial charge on any atom is -0.397 e. The molecule has 0 spiro atoms. The lowest BCUT2D eigenvalue weighted by Gasteiger charge is -2.37. The summed E-state index contributed by atoms with van der Waals surface area (Å²) in [5.74, 6) is 0. The third kappa shape index (κ3) is 3.16. The molecule has 2 N–H and O–H groups in total. The first-order chi connectivity index (χ1) is 9.63. The minimum atomic E-state index is -3.72. The van der Waals surface area contributed by atoms with E-state index in [0.717, 1.165) is 18.9 Å². The third-order valence-electron chi connectivity index (χ3n) is 3.69. The van der Waals surface area contributed by atoms with E-state index in [-0.39, 0.29) is 21.7 Å². The molecule has 116 valence electrons. The summed E-state index contributed by atoms with van der Waals surface area (Å²) in [7, 11) is -3.72. The molecule has 8 heteroatoms. The number of nitro benzene ring substituents is 1. The number of hydrogen-bond acceptors (Lipinski definition) is 5. The number of nitrogen functional groups attached to an aromatic ring is 1. The molecular weight excluding hydrogens is 294 g/mol. The summed E-state index contributed by atoms with van der Waals surface area (Å²) in [6, 6.07) is 3.46. The Balaban J connectivity index is 2.38. The fourth-order valence-corrected chi connectivity index (χ4v) is 4.36. The van der Waals surface area contributed by atoms with Gasteiger partial charge in [-0.15, -0.1) is 0 Å². The lowest BCUT2D eigenvalue weighted by Crippen LogP contribution is -2.43. The summed E-state index contributed by atoms with van der Waals surface area (Å²) in [5.41, 5.74) is 5.32. The van der Waals surface area contributed by atoms with Crippen LogP contribution in [0.1, 0.15) is 26.7 Å². The van der Waals surface area contributed by atoms with Crippen LogP contribution in [-0.4, -0.2) is 30.7 Å². The molecule has 2 rings (SSSR count). The highest BCUT2D eigenvalue weighted by Gasteiger charge is 2.35. The molecule has 21 heavy (non-hydrogen) atoms. The predicted molar refractivity (Wildman–Crippen MR) is 79.3 cm³/mol. The average Bonchev–Trinajstić information content (AvgIpc) is 2.36. The summed E-state index contributed by atoms with van der Waals surface area (Å²) in [5, 5.41) is 10.7. The number of nitrogens with two attached hydrogens (primary N) is 1. The Morgan fingerprint density at radius 3 is 2.57 bits per heavy atom. The van der Waals surface area contributed by atoms with Gasteiger partial charge in [-0.3, -0.25) is 10.1 Å². The minimum absolute atomic E-state index is 0.0641. The van der Waals surface area contributed by atoms with Crippen LogP contribution in [0.3, 0.4) is 0 Å². The van der Waals surface area contributed by atoms with Crippen LogP contribution < -0.4 is 5.73 Å². The summed E-state index contributed by atoms with van der Waals surface area (Å²) in [6.45, 7) is 4.91. The fourth-order valence-electron chi connectivity index (χ4n) is 2.60. The highest BCUT2D eigenvalue weighted by molar-refractivity contribution is 7.89. The van der Waals surface area contributed by atoms with E-state index in [4.69, 9.17) is 5.73 Å². The first-order valence-corrected chi connectivity index (χ1v) is 8.12. The Kier molecular flexibility index (Phi) is 3.94. The van der Waals surface area contributed by atoms with Gasteiger partial charge in [0.05, 0.1) is 10.6 Å². The third-order valence-corrected chi connectivity index (χ3v) is 5.61. The first-order valence-electron chi connectivity index (χ1n) is 6.68. The van der Waals surface area contributed by atoms with Gasteiger partial charge in [0.1, 0.15) is 4.90 Å². The van der Waals surface area contributed by atoms with Crippen LogP contribution >= 0.6 is 0 Å². The summed E-state index contributed by atoms with van der Waals surface area (Å²) in [4.78, 5) is 10.0. The van der Waals surface area contributed by atoms with E-state index in [0.29, 0.717) is 13.1 Å². The molecule has 0 unspecified atom stereocenters. The molecule has 1 heterocycles. The zero-order chi connectivity index (χ0) is 15.8. The number of sulfonamides is 1. The molecule has 0 atom stereocenters. The van der Waals surface area contributed by atoms with E-state index in [9.17, 15) is 18.5 Å². The summed E-state index contributed by atoms with van der Waals surface area (Å²) < 4.78 is 26.7. The Bertz CT molecular complexity index is 670. The molecule has 7 nitrogen and oxygen atoms in total. The van der Waals surface area contributed by atoms with Crippen LogP contribution in [0.25, 0.3) is 0 Å². The number of anilines is 1. The SMILES string of the molecule is CC1(C)CCCN(S(=O)(=O)c2ccc([N+](=O)[O-])cc2N)C1. The molecule has 1 saturated heterocycles. The number of hydrogen-bond donors (Lipinski definition) is 1. The molecule has 0 amide bonds. The quantitative estimate of drug-likeness (QED) is 0.521. The standard InChI is InChI=1S/C13H19N3O4S/c1-13(2)6-3-7-15(9-13)21(19,20)12-5-4-10(16(17)18)8-11(12)14/h4-5,8H,3,6-7,9,14H2,1-2H3. The van der Waals surface area contributed by atoms with Crippen LogP contribution in [0.5, 0.6) is 0 Å². The van der Waals surface area contributed by atoms with Crippen molar-refractivity contribution in [3.8, 4) is 0 Å². The first kappa shape index (κ1) is 15.7. The number of rotatable bonds is 3. The smallest absolute Gasteiger partial charge is 0.271 e. The second-order valence-corrected chi connectivity index (χ2v) is 7.99. The maximum atomic E-state index is 12.7. The Labute approximate surface area is 123 Å². The van der Waals surface area contributed by atoms with Crippen molar-refractivity contribution in [3.05, 3.63) is 28.3 Å². The van der Waals surface area contributed by atoms with E-state index >= 15 is 0 Å². The summed E-state index contributed by atoms with van der Waals surface area (Å²) >= 11 is 0. The van der Waals surface area contributed by atoms with Gasteiger partial charge in [-0.1, -0.05) is 13.8 Å². The van der Waals surface area contributed by atoms with Gasteiger partial charge in [0.25, 0.3) is 5.69 Å². The van der Waals surface area contributed by atoms with Gasteiger partial charge >= 0.3 is 0 Å². The van der Waals surface area contributed by atoms with Crippen molar-refractivity contribution >= 4 is 21.4 Å². The van der Waals surface area contributed by atoms with E-state index in [1.165, 1.54) is 16.4 Å². The molecule has 1 aromatic rings. The number of piperidine rings is 1. The van der Waals surface area contributed by atoms with Gasteiger partial charge in [-0.2, -0.15) is 4.31 Å². The maximum Gasteiger partial charge on any atom is 0.271 e. The average molecular weight is 313 g/mol. The van der Waals surface area contributed by atoms with Crippen molar-refractivity contribution in [1.82, 2.24) is 4.31 Å². The van der Waals surface area contributed by atoms with Crippen LogP contribution in [-0.2, 0) is 10.0 Å². The Morgan fingerprint density at radius 2 is 2.05 bits per heavy atom. The van der Waals surface area contributed by atoms with Gasteiger partial charge in [0.2, 0.25) is 10.0 Å². The molecule has 0 saturated carbocycles. The van der Waals surface area contributed by atoms with E-state index in [2.05, 4.69) is 0 Å². The maximum absolute atomic E-state index is 12.7. The zero-order valence-electron chi connectivity index (χ0n) is 12.1. The zero-order valence-corrected chi connectivity index (χ0v) is 12.9. The molecule has 0 aromatic heterocycles. The van der Waals surface area contributed by atoms with Gasteiger partial charge < -0.3 is 5.73 Å². The second-order valence-electron chi connectivity index (χ2n) is 6.09. The van der Waals surface area contributed by atoms with Crippen LogP contribution in [0.2, 0.25) is 0 Å². The molecule has 0 radical (unpaired) electrons. The van der Waals surface area contributed by atoms with Crippen LogP contribution in [0.4, 0.5) is 11.4 Å². The monoisotopic (exact) mass is 313 g/mol. The van der Waals surface area contributed by atoms with Gasteiger partial charge in [-0.25, -0.2) is 8.42 Å². The lowest BCUT2D eigenvalue weighted by molar-refractivity contribution is -0.384. The van der Waals surface area contributed by atoms with E-state index < -0.39 is 14.9 Å². The van der Waals surface area contributed by atoms with Crippen molar-refractivity contribution in [2.45, 2.75) is 31.6 Å². The Morgan fingerprint density at radius 1 is 1.38 bits per heavy atom. The highest BCUT2D eigenvalue weighted by Crippen LogP contribution is 2.33. The molecular formula is C13H19N3O4S. The number of non-ortho nitro benzene ring substituents is 1. The topological polar surface area (TPSA) is 107 Å². The fraction of sp³-hybridized carbons (Fsp3) is 0.538. The van der Waals surface area contributed by atoms with E-state index in [1.54, 1.807) is 0 Å². The summed E-state index contributed by atoms with van der Waals surface area (Å²) in [6.07, 6.45) is 1.76. The number of nitrogens with zero attached hydrogens (tertiary/aromatic N) is 2. The van der Waals surface area contributed by atoms with Gasteiger partial charge in [0, 0.05) is 25.2 Å². The molecule has 1 aliphatic heterocycles.